The minimum Gasteiger partial charge on any atom is -0.493 e. The fourth-order valence-corrected chi connectivity index (χ4v) is 2.86. The van der Waals surface area contributed by atoms with Crippen LogP contribution in [0.4, 0.5) is 5.69 Å². The molecule has 8 nitrogen and oxygen atoms in total. The van der Waals surface area contributed by atoms with Crippen molar-refractivity contribution in [2.45, 2.75) is 6.54 Å². The Morgan fingerprint density at radius 3 is 2.22 bits per heavy atom. The lowest BCUT2D eigenvalue weighted by Gasteiger charge is -2.14. The van der Waals surface area contributed by atoms with Crippen LogP contribution in [-0.2, 0) is 11.3 Å². The summed E-state index contributed by atoms with van der Waals surface area (Å²) in [6.07, 6.45) is 0. The molecule has 23 heavy (non-hydrogen) atoms. The number of hydrogen-bond acceptors (Lipinski definition) is 6. The topological polar surface area (TPSA) is 87.5 Å². The molecule has 0 bridgehead atoms. The monoisotopic (exact) mass is 448 g/mol. The number of anilines is 1. The molecule has 2 rings (SSSR count). The van der Waals surface area contributed by atoms with Crippen LogP contribution in [0.3, 0.4) is 0 Å². The van der Waals surface area contributed by atoms with E-state index in [1.54, 1.807) is 12.1 Å². The highest BCUT2D eigenvalue weighted by Crippen LogP contribution is 2.39. The van der Waals surface area contributed by atoms with E-state index in [-0.39, 0.29) is 12.5 Å². The Hall–Kier alpha value is -1.81. The first kappa shape index (κ1) is 17.5. The first-order valence-corrected chi connectivity index (χ1v) is 7.92. The van der Waals surface area contributed by atoms with Crippen molar-refractivity contribution in [1.29, 1.82) is 0 Å². The lowest BCUT2D eigenvalue weighted by molar-refractivity contribution is -0.116. The van der Waals surface area contributed by atoms with E-state index in [4.69, 9.17) is 14.2 Å². The van der Waals surface area contributed by atoms with Crippen molar-refractivity contribution < 1.29 is 19.0 Å². The minimum absolute atomic E-state index is 0.00412. The number of hydrogen-bond donors (Lipinski definition) is 1. The summed E-state index contributed by atoms with van der Waals surface area (Å²) in [5.74, 6) is 1.08. The van der Waals surface area contributed by atoms with Crippen LogP contribution in [0.25, 0.3) is 0 Å². The Bertz CT molecular complexity index is 695. The second-order valence-electron chi connectivity index (χ2n) is 4.27. The molecule has 0 fully saturated rings. The van der Waals surface area contributed by atoms with E-state index in [0.717, 1.165) is 0 Å². The van der Waals surface area contributed by atoms with Crippen LogP contribution < -0.4 is 19.5 Å². The van der Waals surface area contributed by atoms with Crippen molar-refractivity contribution in [2.75, 3.05) is 26.6 Å². The number of nitrogens with zero attached hydrogens (tertiary/aromatic N) is 3. The van der Waals surface area contributed by atoms with Crippen molar-refractivity contribution in [3.63, 3.8) is 0 Å². The number of aromatic nitrogens is 3. The molecule has 10 heteroatoms. The van der Waals surface area contributed by atoms with Gasteiger partial charge >= 0.3 is 0 Å². The molecular weight excluding hydrogens is 436 g/mol. The van der Waals surface area contributed by atoms with Crippen LogP contribution in [0, 0.1) is 0 Å². The molecule has 1 heterocycles. The highest BCUT2D eigenvalue weighted by molar-refractivity contribution is 9.11. The summed E-state index contributed by atoms with van der Waals surface area (Å²) in [4.78, 5) is 16.1. The molecular formula is C13H14Br2N4O4. The van der Waals surface area contributed by atoms with E-state index >= 15 is 0 Å². The Morgan fingerprint density at radius 1 is 1.17 bits per heavy atom. The fraction of sp³-hybridized carbons (Fsp3) is 0.308. The molecule has 0 saturated heterocycles. The lowest BCUT2D eigenvalue weighted by atomic mass is 10.2. The van der Waals surface area contributed by atoms with Crippen LogP contribution in [0.1, 0.15) is 0 Å². The van der Waals surface area contributed by atoms with Gasteiger partial charge in [-0.25, -0.2) is 4.68 Å². The van der Waals surface area contributed by atoms with Crippen molar-refractivity contribution in [1.82, 2.24) is 14.8 Å². The maximum atomic E-state index is 12.1. The van der Waals surface area contributed by atoms with E-state index in [1.807, 2.05) is 0 Å². The van der Waals surface area contributed by atoms with Gasteiger partial charge in [-0.05, 0) is 31.9 Å². The Balaban J connectivity index is 2.19. The molecule has 1 N–H and O–H groups in total. The van der Waals surface area contributed by atoms with Gasteiger partial charge in [0.2, 0.25) is 16.4 Å². The molecule has 2 aromatic rings. The molecule has 0 unspecified atom stereocenters. The van der Waals surface area contributed by atoms with Crippen molar-refractivity contribution in [3.05, 3.63) is 21.6 Å². The average Bonchev–Trinajstić information content (AvgIpc) is 2.83. The van der Waals surface area contributed by atoms with E-state index in [0.29, 0.717) is 32.4 Å². The zero-order chi connectivity index (χ0) is 17.0. The summed E-state index contributed by atoms with van der Waals surface area (Å²) >= 11 is 6.36. The standard InChI is InChI=1S/C13H14Br2N4O4/c1-21-8-4-7(5-9(22-2)11(8)23-3)16-10(20)6-19-13(15)17-12(14)18-19/h4-5H,6H2,1-3H3,(H,16,20). The molecule has 1 aromatic heterocycles. The molecule has 0 spiro atoms. The van der Waals surface area contributed by atoms with Crippen molar-refractivity contribution in [2.24, 2.45) is 0 Å². The average molecular weight is 450 g/mol. The molecule has 0 saturated carbocycles. The number of halogens is 2. The highest BCUT2D eigenvalue weighted by atomic mass is 79.9. The summed E-state index contributed by atoms with van der Waals surface area (Å²) in [5.41, 5.74) is 0.514. The highest BCUT2D eigenvalue weighted by Gasteiger charge is 2.15. The second-order valence-corrected chi connectivity index (χ2v) is 5.69. The Morgan fingerprint density at radius 2 is 1.78 bits per heavy atom. The zero-order valence-electron chi connectivity index (χ0n) is 12.6. The quantitative estimate of drug-likeness (QED) is 0.728. The van der Waals surface area contributed by atoms with Crippen LogP contribution >= 0.6 is 31.9 Å². The summed E-state index contributed by atoms with van der Waals surface area (Å²) in [5, 5.41) is 6.78. The number of benzene rings is 1. The van der Waals surface area contributed by atoms with Gasteiger partial charge in [-0.3, -0.25) is 4.79 Å². The number of methoxy groups -OCH3 is 3. The van der Waals surface area contributed by atoms with E-state index in [9.17, 15) is 4.79 Å². The smallest absolute Gasteiger partial charge is 0.246 e. The van der Waals surface area contributed by atoms with Gasteiger partial charge in [0.1, 0.15) is 6.54 Å². The van der Waals surface area contributed by atoms with Gasteiger partial charge in [0.15, 0.2) is 16.2 Å². The normalized spacial score (nSPS) is 10.3. The first-order valence-electron chi connectivity index (χ1n) is 6.34. The number of ether oxygens (including phenoxy) is 3. The maximum Gasteiger partial charge on any atom is 0.246 e. The predicted octanol–water partition coefficient (Wildman–Crippen LogP) is 2.47. The van der Waals surface area contributed by atoms with Crippen LogP contribution in [0.2, 0.25) is 0 Å². The molecule has 0 aliphatic rings. The lowest BCUT2D eigenvalue weighted by Crippen LogP contribution is -2.19. The molecule has 0 aliphatic heterocycles. The summed E-state index contributed by atoms with van der Waals surface area (Å²) in [7, 11) is 4.53. The molecule has 0 aliphatic carbocycles. The first-order chi connectivity index (χ1) is 11.0. The van der Waals surface area contributed by atoms with E-state index in [2.05, 4.69) is 47.3 Å². The Labute approximate surface area is 149 Å². The second kappa shape index (κ2) is 7.64. The van der Waals surface area contributed by atoms with Gasteiger partial charge < -0.3 is 19.5 Å². The molecule has 124 valence electrons. The molecule has 0 atom stereocenters. The third-order valence-electron chi connectivity index (χ3n) is 2.84. The zero-order valence-corrected chi connectivity index (χ0v) is 15.8. The van der Waals surface area contributed by atoms with Crippen molar-refractivity contribution >= 4 is 43.5 Å². The summed E-state index contributed by atoms with van der Waals surface area (Å²) < 4.78 is 18.0. The van der Waals surface area contributed by atoms with Gasteiger partial charge in [-0.15, -0.1) is 5.10 Å². The van der Waals surface area contributed by atoms with Gasteiger partial charge in [-0.1, -0.05) is 0 Å². The summed E-state index contributed by atoms with van der Waals surface area (Å²) in [6.45, 7) is -0.00412. The molecule has 0 radical (unpaired) electrons. The van der Waals surface area contributed by atoms with E-state index < -0.39 is 0 Å². The predicted molar refractivity (Wildman–Crippen MR) is 90.1 cm³/mol. The van der Waals surface area contributed by atoms with Gasteiger partial charge in [-0.2, -0.15) is 4.98 Å². The SMILES string of the molecule is COc1cc(NC(=O)Cn2nc(Br)nc2Br)cc(OC)c1OC. The fourth-order valence-electron chi connectivity index (χ4n) is 1.89. The largest absolute Gasteiger partial charge is 0.493 e. The van der Waals surface area contributed by atoms with Crippen LogP contribution in [0.15, 0.2) is 21.6 Å². The molecule has 1 aromatic carbocycles. The minimum atomic E-state index is -0.280. The molecule has 1 amide bonds. The van der Waals surface area contributed by atoms with Crippen LogP contribution in [0.5, 0.6) is 17.2 Å². The third kappa shape index (κ3) is 4.14. The third-order valence-corrected chi connectivity index (χ3v) is 3.77. The van der Waals surface area contributed by atoms with Gasteiger partial charge in [0, 0.05) is 17.8 Å². The maximum absolute atomic E-state index is 12.1. The number of nitrogens with one attached hydrogen (secondary N) is 1. The number of carbonyl (C=O) groups excluding carboxylic acids is 1. The van der Waals surface area contributed by atoms with Gasteiger partial charge in [0.25, 0.3) is 0 Å². The van der Waals surface area contributed by atoms with Crippen molar-refractivity contribution in [3.8, 4) is 17.2 Å². The van der Waals surface area contributed by atoms with E-state index in [1.165, 1.54) is 26.0 Å². The van der Waals surface area contributed by atoms with Crippen LogP contribution in [-0.4, -0.2) is 42.0 Å². The summed E-state index contributed by atoms with van der Waals surface area (Å²) in [6, 6.07) is 3.29. The number of carbonyl (C=O) groups is 1. The van der Waals surface area contributed by atoms with Gasteiger partial charge in [0.05, 0.1) is 21.3 Å². The number of rotatable bonds is 6. The number of amides is 1. The Kier molecular flexibility index (Phi) is 5.83.